The average Bonchev–Trinajstić information content (AvgIpc) is 2.38. The van der Waals surface area contributed by atoms with E-state index in [0.717, 1.165) is 11.0 Å². The Hall–Kier alpha value is -1.12. The highest BCUT2D eigenvalue weighted by Gasteiger charge is 2.02. The van der Waals surface area contributed by atoms with Gasteiger partial charge in [0, 0.05) is 17.1 Å². The second-order valence-corrected chi connectivity index (χ2v) is 5.57. The molecule has 0 spiro atoms. The molecule has 1 N–H and O–H groups in total. The second-order valence-electron chi connectivity index (χ2n) is 4.71. The molecule has 2 rings (SSSR count). The van der Waals surface area contributed by atoms with Gasteiger partial charge in [0.1, 0.15) is 0 Å². The summed E-state index contributed by atoms with van der Waals surface area (Å²) in [6.45, 7) is 5.25. The Morgan fingerprint density at radius 2 is 1.67 bits per heavy atom. The summed E-state index contributed by atoms with van der Waals surface area (Å²) >= 11 is 3.59. The van der Waals surface area contributed by atoms with Crippen molar-refractivity contribution in [2.75, 3.05) is 0 Å². The second kappa shape index (κ2) is 6.17. The molecule has 0 aromatic heterocycles. The van der Waals surface area contributed by atoms with Gasteiger partial charge in [-0.05, 0) is 22.8 Å². The maximum absolute atomic E-state index is 3.59. The fourth-order valence-corrected chi connectivity index (χ4v) is 2.33. The lowest BCUT2D eigenvalue weighted by Gasteiger charge is -2.09. The maximum Gasteiger partial charge on any atom is 0.0253 e. The zero-order valence-corrected chi connectivity index (χ0v) is 12.4. The Morgan fingerprint density at radius 3 is 2.28 bits per heavy atom. The maximum atomic E-state index is 3.59. The summed E-state index contributed by atoms with van der Waals surface area (Å²) < 4.78 is 1.14. The molecule has 0 bridgehead atoms. The monoisotopic (exact) mass is 303 g/mol. The van der Waals surface area contributed by atoms with Gasteiger partial charge in [0.05, 0.1) is 0 Å². The predicted molar refractivity (Wildman–Crippen MR) is 81.6 cm³/mol. The number of rotatable bonds is 4. The number of hydrogen-bond donors (Lipinski definition) is 1. The smallest absolute Gasteiger partial charge is 0.0253 e. The summed E-state index contributed by atoms with van der Waals surface area (Å²) in [4.78, 5) is 0. The van der Waals surface area contributed by atoms with E-state index in [2.05, 4.69) is 77.6 Å². The van der Waals surface area contributed by atoms with Gasteiger partial charge in [-0.1, -0.05) is 72.2 Å². The molecule has 2 aromatic rings. The summed E-state index contributed by atoms with van der Waals surface area (Å²) in [5.74, 6) is 0. The van der Waals surface area contributed by atoms with Crippen molar-refractivity contribution < 1.29 is 0 Å². The van der Waals surface area contributed by atoms with Crippen molar-refractivity contribution in [2.45, 2.75) is 26.4 Å². The lowest BCUT2D eigenvalue weighted by Crippen LogP contribution is -2.21. The van der Waals surface area contributed by atoms with Crippen LogP contribution in [0.1, 0.15) is 19.4 Å². The highest BCUT2D eigenvalue weighted by molar-refractivity contribution is 9.10. The molecule has 2 aromatic carbocycles. The third-order valence-electron chi connectivity index (χ3n) is 2.85. The van der Waals surface area contributed by atoms with Gasteiger partial charge in [-0.15, -0.1) is 0 Å². The largest absolute Gasteiger partial charge is 0.310 e. The van der Waals surface area contributed by atoms with Gasteiger partial charge in [0.15, 0.2) is 0 Å². The van der Waals surface area contributed by atoms with Crippen molar-refractivity contribution in [3.8, 4) is 11.1 Å². The number of hydrogen-bond acceptors (Lipinski definition) is 1. The first-order chi connectivity index (χ1) is 8.66. The highest BCUT2D eigenvalue weighted by atomic mass is 79.9. The fraction of sp³-hybridized carbons (Fsp3) is 0.250. The van der Waals surface area contributed by atoms with Crippen LogP contribution in [-0.2, 0) is 6.54 Å². The third kappa shape index (κ3) is 3.44. The van der Waals surface area contributed by atoms with E-state index in [0.29, 0.717) is 6.04 Å². The van der Waals surface area contributed by atoms with Crippen LogP contribution < -0.4 is 5.32 Å². The average molecular weight is 304 g/mol. The Balaban J connectivity index is 2.15. The molecule has 0 radical (unpaired) electrons. The van der Waals surface area contributed by atoms with Crippen LogP contribution in [0.5, 0.6) is 0 Å². The van der Waals surface area contributed by atoms with Crippen LogP contribution in [0.15, 0.2) is 53.0 Å². The SMILES string of the molecule is CC(C)NCc1ccc(-c2ccccc2Br)cc1. The van der Waals surface area contributed by atoms with E-state index < -0.39 is 0 Å². The number of nitrogens with one attached hydrogen (secondary N) is 1. The van der Waals surface area contributed by atoms with Crippen molar-refractivity contribution in [2.24, 2.45) is 0 Å². The summed E-state index contributed by atoms with van der Waals surface area (Å²) in [6.07, 6.45) is 0. The van der Waals surface area contributed by atoms with Crippen molar-refractivity contribution >= 4 is 15.9 Å². The highest BCUT2D eigenvalue weighted by Crippen LogP contribution is 2.27. The first-order valence-corrected chi connectivity index (χ1v) is 7.03. The minimum Gasteiger partial charge on any atom is -0.310 e. The van der Waals surface area contributed by atoms with Crippen LogP contribution in [0.4, 0.5) is 0 Å². The molecular weight excluding hydrogens is 286 g/mol. The summed E-state index contributed by atoms with van der Waals surface area (Å²) in [5, 5.41) is 3.42. The summed E-state index contributed by atoms with van der Waals surface area (Å²) in [5.41, 5.74) is 3.80. The van der Waals surface area contributed by atoms with Crippen molar-refractivity contribution in [1.82, 2.24) is 5.32 Å². The van der Waals surface area contributed by atoms with Crippen LogP contribution in [0.3, 0.4) is 0 Å². The number of halogens is 1. The summed E-state index contributed by atoms with van der Waals surface area (Å²) in [6, 6.07) is 17.6. The molecule has 18 heavy (non-hydrogen) atoms. The Morgan fingerprint density at radius 1 is 1.00 bits per heavy atom. The van der Waals surface area contributed by atoms with E-state index in [1.165, 1.54) is 16.7 Å². The van der Waals surface area contributed by atoms with Gasteiger partial charge < -0.3 is 5.32 Å². The van der Waals surface area contributed by atoms with Gasteiger partial charge >= 0.3 is 0 Å². The van der Waals surface area contributed by atoms with Crippen molar-refractivity contribution in [1.29, 1.82) is 0 Å². The van der Waals surface area contributed by atoms with Gasteiger partial charge in [-0.3, -0.25) is 0 Å². The molecule has 0 fully saturated rings. The van der Waals surface area contributed by atoms with E-state index in [9.17, 15) is 0 Å². The quantitative estimate of drug-likeness (QED) is 0.869. The first-order valence-electron chi connectivity index (χ1n) is 6.24. The lowest BCUT2D eigenvalue weighted by molar-refractivity contribution is 0.589. The van der Waals surface area contributed by atoms with Crippen LogP contribution in [0, 0.1) is 0 Å². The van der Waals surface area contributed by atoms with E-state index in [4.69, 9.17) is 0 Å². The van der Waals surface area contributed by atoms with Crippen LogP contribution >= 0.6 is 15.9 Å². The molecule has 0 aliphatic heterocycles. The molecule has 0 heterocycles. The number of benzene rings is 2. The van der Waals surface area contributed by atoms with E-state index in [1.54, 1.807) is 0 Å². The molecule has 94 valence electrons. The van der Waals surface area contributed by atoms with Crippen LogP contribution in [0.25, 0.3) is 11.1 Å². The minimum atomic E-state index is 0.521. The van der Waals surface area contributed by atoms with Crippen molar-refractivity contribution in [3.63, 3.8) is 0 Å². The van der Waals surface area contributed by atoms with E-state index in [1.807, 2.05) is 6.07 Å². The Labute approximate surface area is 117 Å². The predicted octanol–water partition coefficient (Wildman–Crippen LogP) is 4.61. The molecule has 1 nitrogen and oxygen atoms in total. The molecule has 0 saturated carbocycles. The minimum absolute atomic E-state index is 0.521. The molecule has 0 unspecified atom stereocenters. The normalized spacial score (nSPS) is 10.9. The van der Waals surface area contributed by atoms with E-state index in [-0.39, 0.29) is 0 Å². The third-order valence-corrected chi connectivity index (χ3v) is 3.54. The zero-order chi connectivity index (χ0) is 13.0. The van der Waals surface area contributed by atoms with Crippen molar-refractivity contribution in [3.05, 3.63) is 58.6 Å². The molecule has 0 amide bonds. The first kappa shape index (κ1) is 13.3. The lowest BCUT2D eigenvalue weighted by atomic mass is 10.0. The molecule has 0 saturated heterocycles. The molecule has 2 heteroatoms. The van der Waals surface area contributed by atoms with Crippen LogP contribution in [0.2, 0.25) is 0 Å². The topological polar surface area (TPSA) is 12.0 Å². The van der Waals surface area contributed by atoms with Crippen LogP contribution in [-0.4, -0.2) is 6.04 Å². The Kier molecular flexibility index (Phi) is 4.56. The van der Waals surface area contributed by atoms with Gasteiger partial charge in [-0.2, -0.15) is 0 Å². The van der Waals surface area contributed by atoms with E-state index >= 15 is 0 Å². The summed E-state index contributed by atoms with van der Waals surface area (Å²) in [7, 11) is 0. The molecule has 0 aliphatic rings. The molecular formula is C16H18BrN. The fourth-order valence-electron chi connectivity index (χ4n) is 1.82. The van der Waals surface area contributed by atoms with Gasteiger partial charge in [0.2, 0.25) is 0 Å². The standard InChI is InChI=1S/C16H18BrN/c1-12(2)18-11-13-7-9-14(10-8-13)15-5-3-4-6-16(15)17/h3-10,12,18H,11H2,1-2H3. The van der Waals surface area contributed by atoms with Gasteiger partial charge in [-0.25, -0.2) is 0 Å². The zero-order valence-electron chi connectivity index (χ0n) is 10.8. The Bertz CT molecular complexity index is 503. The molecule has 0 aliphatic carbocycles. The van der Waals surface area contributed by atoms with Gasteiger partial charge in [0.25, 0.3) is 0 Å². The molecule has 0 atom stereocenters.